The van der Waals surface area contributed by atoms with E-state index in [0.717, 1.165) is 51.9 Å². The Hall–Kier alpha value is -2.52. The summed E-state index contributed by atoms with van der Waals surface area (Å²) in [5, 5.41) is 9.50. The highest BCUT2D eigenvalue weighted by Gasteiger charge is 2.31. The first kappa shape index (κ1) is 22.7. The van der Waals surface area contributed by atoms with Gasteiger partial charge in [0.2, 0.25) is 0 Å². The maximum Gasteiger partial charge on any atom is 0.416 e. The van der Waals surface area contributed by atoms with E-state index in [1.807, 2.05) is 19.1 Å². The molecule has 0 radical (unpaired) electrons. The molecule has 32 heavy (non-hydrogen) atoms. The molecule has 1 N–H and O–H groups in total. The van der Waals surface area contributed by atoms with Crippen molar-refractivity contribution in [2.45, 2.75) is 36.8 Å². The minimum absolute atomic E-state index is 0.290. The van der Waals surface area contributed by atoms with Gasteiger partial charge in [-0.2, -0.15) is 13.2 Å². The zero-order valence-electron chi connectivity index (χ0n) is 17.1. The lowest BCUT2D eigenvalue weighted by Crippen LogP contribution is -2.10. The van der Waals surface area contributed by atoms with Crippen molar-refractivity contribution in [3.63, 3.8) is 0 Å². The maximum atomic E-state index is 12.8. The van der Waals surface area contributed by atoms with Crippen LogP contribution in [-0.4, -0.2) is 28.4 Å². The number of carboxylic acids is 1. The summed E-state index contributed by atoms with van der Waals surface area (Å²) < 4.78 is 43.7. The first-order chi connectivity index (χ1) is 15.2. The molecule has 0 aliphatic heterocycles. The fourth-order valence-electron chi connectivity index (χ4n) is 3.60. The monoisotopic (exact) mass is 479 g/mol. The molecule has 1 atom stereocenters. The quantitative estimate of drug-likeness (QED) is 0.396. The lowest BCUT2D eigenvalue weighted by Gasteiger charge is -2.11. The zero-order valence-corrected chi connectivity index (χ0v) is 18.7. The van der Waals surface area contributed by atoms with Crippen molar-refractivity contribution in [3.8, 4) is 16.3 Å². The molecule has 0 unspecified atom stereocenters. The third-order valence-corrected chi connectivity index (χ3v) is 7.58. The predicted octanol–water partition coefficient (Wildman–Crippen LogP) is 6.42. The van der Waals surface area contributed by atoms with Gasteiger partial charge < -0.3 is 9.84 Å². The van der Waals surface area contributed by atoms with Gasteiger partial charge in [0, 0.05) is 27.0 Å². The van der Waals surface area contributed by atoms with E-state index in [1.54, 1.807) is 29.2 Å². The molecule has 1 aliphatic rings. The predicted molar refractivity (Wildman–Crippen MR) is 119 cm³/mol. The minimum Gasteiger partial charge on any atom is -0.482 e. The second kappa shape index (κ2) is 9.15. The van der Waals surface area contributed by atoms with Crippen LogP contribution in [0.4, 0.5) is 13.2 Å². The summed E-state index contributed by atoms with van der Waals surface area (Å²) in [6.45, 7) is 1.51. The molecule has 3 aromatic rings. The van der Waals surface area contributed by atoms with Crippen molar-refractivity contribution < 1.29 is 27.8 Å². The Morgan fingerprint density at radius 3 is 2.66 bits per heavy atom. The topological polar surface area (TPSA) is 59.4 Å². The Morgan fingerprint density at radius 1 is 1.25 bits per heavy atom. The van der Waals surface area contributed by atoms with Gasteiger partial charge in [0.1, 0.15) is 10.8 Å². The number of aryl methyl sites for hydroxylation is 2. The van der Waals surface area contributed by atoms with Gasteiger partial charge >= 0.3 is 12.1 Å². The summed E-state index contributed by atoms with van der Waals surface area (Å²) in [6.07, 6.45) is -2.41. The van der Waals surface area contributed by atoms with Gasteiger partial charge in [-0.05, 0) is 55.7 Å². The van der Waals surface area contributed by atoms with Crippen molar-refractivity contribution in [2.75, 3.05) is 12.4 Å². The van der Waals surface area contributed by atoms with Gasteiger partial charge in [-0.1, -0.05) is 12.1 Å². The van der Waals surface area contributed by atoms with Crippen LogP contribution in [0.2, 0.25) is 0 Å². The molecule has 4 nitrogen and oxygen atoms in total. The summed E-state index contributed by atoms with van der Waals surface area (Å²) in [4.78, 5) is 17.7. The SMILES string of the molecule is Cc1cc(SC[C@@H]2CCc3sc(-c4ccc(C(F)(F)F)cc4)nc32)ccc1OCC(=O)O. The lowest BCUT2D eigenvalue weighted by molar-refractivity contribution is -0.139. The number of hydrogen-bond donors (Lipinski definition) is 1. The largest absolute Gasteiger partial charge is 0.482 e. The molecular formula is C23H20F3NO3S2. The number of hydrogen-bond acceptors (Lipinski definition) is 5. The van der Waals surface area contributed by atoms with Crippen LogP contribution in [0.25, 0.3) is 10.6 Å². The van der Waals surface area contributed by atoms with Gasteiger partial charge in [-0.3, -0.25) is 0 Å². The van der Waals surface area contributed by atoms with Gasteiger partial charge in [-0.15, -0.1) is 23.1 Å². The van der Waals surface area contributed by atoms with Crippen LogP contribution in [0.3, 0.4) is 0 Å². The second-order valence-electron chi connectivity index (χ2n) is 7.56. The van der Waals surface area contributed by atoms with Crippen molar-refractivity contribution in [1.82, 2.24) is 4.98 Å². The smallest absolute Gasteiger partial charge is 0.416 e. The van der Waals surface area contributed by atoms with Crippen LogP contribution < -0.4 is 4.74 Å². The number of halogens is 3. The van der Waals surface area contributed by atoms with E-state index in [0.29, 0.717) is 11.3 Å². The third-order valence-electron chi connectivity index (χ3n) is 5.24. The summed E-state index contributed by atoms with van der Waals surface area (Å²) in [7, 11) is 0. The van der Waals surface area contributed by atoms with E-state index >= 15 is 0 Å². The normalized spacial score (nSPS) is 15.6. The average Bonchev–Trinajstić information content (AvgIpc) is 3.32. The van der Waals surface area contributed by atoms with Gasteiger partial charge in [0.05, 0.1) is 11.3 Å². The van der Waals surface area contributed by atoms with Gasteiger partial charge in [0.15, 0.2) is 6.61 Å². The maximum absolute atomic E-state index is 12.8. The summed E-state index contributed by atoms with van der Waals surface area (Å²) in [6, 6.07) is 10.8. The number of thioether (sulfide) groups is 1. The Balaban J connectivity index is 1.41. The molecular weight excluding hydrogens is 459 g/mol. The highest BCUT2D eigenvalue weighted by atomic mass is 32.2. The molecule has 4 rings (SSSR count). The van der Waals surface area contributed by atoms with Gasteiger partial charge in [0.25, 0.3) is 0 Å². The van der Waals surface area contributed by atoms with Crippen LogP contribution >= 0.6 is 23.1 Å². The highest BCUT2D eigenvalue weighted by Crippen LogP contribution is 2.42. The molecule has 1 aromatic heterocycles. The number of benzene rings is 2. The molecule has 0 saturated heterocycles. The van der Waals surface area contributed by atoms with E-state index < -0.39 is 17.7 Å². The van der Waals surface area contributed by atoms with Crippen LogP contribution in [0.1, 0.15) is 34.0 Å². The van der Waals surface area contributed by atoms with E-state index in [1.165, 1.54) is 17.0 Å². The fourth-order valence-corrected chi connectivity index (χ4v) is 5.91. The summed E-state index contributed by atoms with van der Waals surface area (Å²) in [5.74, 6) is 0.676. The molecule has 0 fully saturated rings. The Labute approximate surface area is 191 Å². The highest BCUT2D eigenvalue weighted by molar-refractivity contribution is 7.99. The van der Waals surface area contributed by atoms with Crippen molar-refractivity contribution in [2.24, 2.45) is 0 Å². The number of thiazole rings is 1. The van der Waals surface area contributed by atoms with Crippen molar-refractivity contribution in [1.29, 1.82) is 0 Å². The molecule has 1 heterocycles. The van der Waals surface area contributed by atoms with Crippen LogP contribution in [0.5, 0.6) is 5.75 Å². The lowest BCUT2D eigenvalue weighted by atomic mass is 10.1. The molecule has 0 saturated carbocycles. The van der Waals surface area contributed by atoms with E-state index in [9.17, 15) is 18.0 Å². The molecule has 2 aromatic carbocycles. The van der Waals surface area contributed by atoms with Crippen LogP contribution in [0, 0.1) is 6.92 Å². The number of carbonyl (C=O) groups is 1. The first-order valence-electron chi connectivity index (χ1n) is 9.96. The zero-order chi connectivity index (χ0) is 22.9. The number of aliphatic carboxylic acids is 1. The molecule has 1 aliphatic carbocycles. The number of aromatic nitrogens is 1. The van der Waals surface area contributed by atoms with E-state index in [2.05, 4.69) is 0 Å². The third kappa shape index (κ3) is 5.10. The van der Waals surface area contributed by atoms with Crippen molar-refractivity contribution in [3.05, 3.63) is 64.2 Å². The number of rotatable bonds is 7. The Bertz CT molecular complexity index is 1130. The van der Waals surface area contributed by atoms with Crippen molar-refractivity contribution >= 4 is 29.1 Å². The van der Waals surface area contributed by atoms with Gasteiger partial charge in [-0.25, -0.2) is 9.78 Å². The average molecular weight is 480 g/mol. The Morgan fingerprint density at radius 2 is 2.00 bits per heavy atom. The number of carboxylic acid groups (broad SMARTS) is 1. The van der Waals surface area contributed by atoms with E-state index in [4.69, 9.17) is 14.8 Å². The number of nitrogens with zero attached hydrogens (tertiary/aromatic N) is 1. The number of ether oxygens (including phenoxy) is 1. The molecule has 9 heteroatoms. The molecule has 168 valence electrons. The number of alkyl halides is 3. The fraction of sp³-hybridized carbons (Fsp3) is 0.304. The number of fused-ring (bicyclic) bond motifs is 1. The van der Waals surface area contributed by atoms with Crippen LogP contribution in [-0.2, 0) is 17.4 Å². The summed E-state index contributed by atoms with van der Waals surface area (Å²) in [5.41, 5.74) is 1.97. The minimum atomic E-state index is -4.34. The molecule has 0 bridgehead atoms. The van der Waals surface area contributed by atoms with E-state index in [-0.39, 0.29) is 12.5 Å². The first-order valence-corrected chi connectivity index (χ1v) is 11.8. The van der Waals surface area contributed by atoms with Crippen LogP contribution in [0.15, 0.2) is 47.4 Å². The summed E-state index contributed by atoms with van der Waals surface area (Å²) >= 11 is 3.27. The molecule has 0 spiro atoms. The second-order valence-corrected chi connectivity index (χ2v) is 9.74. The standard InChI is InChI=1S/C23H20F3NO3S2/c1-13-10-17(7-8-18(13)30-11-20(28)29)31-12-15-4-9-19-21(15)27-22(32-19)14-2-5-16(6-3-14)23(24,25)26/h2-3,5-8,10,15H,4,9,11-12H2,1H3,(H,28,29)/t15-/m0/s1. The molecule has 0 amide bonds. The Kier molecular flexibility index (Phi) is 6.48.